The lowest BCUT2D eigenvalue weighted by Crippen LogP contribution is -2.17. The number of hydrogen-bond donors (Lipinski definition) is 0. The molecule has 0 aliphatic rings. The number of ether oxygens (including phenoxy) is 1. The quantitative estimate of drug-likeness (QED) is 0.615. The van der Waals surface area contributed by atoms with E-state index in [4.69, 9.17) is 0 Å². The third-order valence-corrected chi connectivity index (χ3v) is 2.22. The van der Waals surface area contributed by atoms with Gasteiger partial charge < -0.3 is 4.74 Å². The van der Waals surface area contributed by atoms with Gasteiger partial charge in [0.25, 0.3) is 0 Å². The number of aromatic nitrogens is 2. The van der Waals surface area contributed by atoms with Gasteiger partial charge in [-0.15, -0.1) is 13.2 Å². The van der Waals surface area contributed by atoms with Crippen LogP contribution in [0.2, 0.25) is 0 Å². The van der Waals surface area contributed by atoms with Crippen molar-refractivity contribution in [3.8, 4) is 0 Å². The standard InChI is InChI=1S/C7H6F3IN2O2/c1-2-15-6(14)4-3-13(7(8,9)10)12-5(4)11/h3H,2H2,1H3. The zero-order chi connectivity index (χ0) is 11.6. The molecule has 0 saturated heterocycles. The zero-order valence-electron chi connectivity index (χ0n) is 7.51. The van der Waals surface area contributed by atoms with Gasteiger partial charge in [0, 0.05) is 6.20 Å². The van der Waals surface area contributed by atoms with Crippen LogP contribution in [0.4, 0.5) is 13.2 Å². The van der Waals surface area contributed by atoms with Crippen molar-refractivity contribution < 1.29 is 22.7 Å². The number of halogens is 4. The lowest BCUT2D eigenvalue weighted by Gasteiger charge is -2.03. The molecule has 1 rings (SSSR count). The highest BCUT2D eigenvalue weighted by Gasteiger charge is 2.33. The largest absolute Gasteiger partial charge is 0.504 e. The van der Waals surface area contributed by atoms with E-state index in [9.17, 15) is 18.0 Å². The van der Waals surface area contributed by atoms with Gasteiger partial charge in [0.2, 0.25) is 0 Å². The Bertz CT molecular complexity index is 375. The van der Waals surface area contributed by atoms with Crippen LogP contribution in [0.5, 0.6) is 0 Å². The van der Waals surface area contributed by atoms with Gasteiger partial charge in [-0.25, -0.2) is 4.79 Å². The van der Waals surface area contributed by atoms with Crippen molar-refractivity contribution in [1.82, 2.24) is 9.78 Å². The van der Waals surface area contributed by atoms with Gasteiger partial charge in [0.1, 0.15) is 9.26 Å². The molecule has 0 aliphatic carbocycles. The van der Waals surface area contributed by atoms with E-state index in [1.165, 1.54) is 0 Å². The van der Waals surface area contributed by atoms with Gasteiger partial charge in [-0.1, -0.05) is 0 Å². The Morgan fingerprint density at radius 2 is 2.27 bits per heavy atom. The summed E-state index contributed by atoms with van der Waals surface area (Å²) in [7, 11) is 0. The van der Waals surface area contributed by atoms with Crippen molar-refractivity contribution in [1.29, 1.82) is 0 Å². The Balaban J connectivity index is 3.02. The molecule has 0 N–H and O–H groups in total. The zero-order valence-corrected chi connectivity index (χ0v) is 9.66. The van der Waals surface area contributed by atoms with Gasteiger partial charge >= 0.3 is 12.3 Å². The first-order valence-electron chi connectivity index (χ1n) is 3.85. The lowest BCUT2D eigenvalue weighted by molar-refractivity contribution is -0.212. The molecule has 0 spiro atoms. The topological polar surface area (TPSA) is 44.1 Å². The normalized spacial score (nSPS) is 11.5. The average molecular weight is 334 g/mol. The maximum absolute atomic E-state index is 12.2. The molecule has 15 heavy (non-hydrogen) atoms. The first-order valence-corrected chi connectivity index (χ1v) is 4.93. The van der Waals surface area contributed by atoms with Gasteiger partial charge in [-0.05, 0) is 29.5 Å². The Morgan fingerprint density at radius 3 is 2.67 bits per heavy atom. The fourth-order valence-corrected chi connectivity index (χ4v) is 1.42. The highest BCUT2D eigenvalue weighted by molar-refractivity contribution is 14.1. The summed E-state index contributed by atoms with van der Waals surface area (Å²) in [5, 5.41) is 3.16. The first-order chi connectivity index (χ1) is 6.86. The summed E-state index contributed by atoms with van der Waals surface area (Å²) < 4.78 is 40.8. The molecule has 0 radical (unpaired) electrons. The minimum absolute atomic E-state index is 0.0385. The van der Waals surface area contributed by atoms with Crippen LogP contribution in [-0.2, 0) is 11.0 Å². The van der Waals surface area contributed by atoms with Crippen molar-refractivity contribution in [2.45, 2.75) is 13.2 Å². The fourth-order valence-electron chi connectivity index (χ4n) is 0.829. The SMILES string of the molecule is CCOC(=O)c1cn(C(F)(F)F)nc1I. The molecule has 8 heteroatoms. The number of carbonyl (C=O) groups excluding carboxylic acids is 1. The van der Waals surface area contributed by atoms with Crippen LogP contribution in [0.25, 0.3) is 0 Å². The van der Waals surface area contributed by atoms with Crippen molar-refractivity contribution in [3.05, 3.63) is 15.5 Å². The lowest BCUT2D eigenvalue weighted by atomic mass is 10.4. The molecular weight excluding hydrogens is 328 g/mol. The number of esters is 1. The molecule has 0 aliphatic heterocycles. The maximum atomic E-state index is 12.2. The maximum Gasteiger partial charge on any atom is 0.504 e. The van der Waals surface area contributed by atoms with Crippen molar-refractivity contribution in [3.63, 3.8) is 0 Å². The monoisotopic (exact) mass is 334 g/mol. The van der Waals surface area contributed by atoms with E-state index in [0.29, 0.717) is 6.20 Å². The van der Waals surface area contributed by atoms with Crippen LogP contribution in [0.3, 0.4) is 0 Å². The second-order valence-corrected chi connectivity index (χ2v) is 3.49. The Hall–Kier alpha value is -0.800. The van der Waals surface area contributed by atoms with Gasteiger partial charge in [-0.3, -0.25) is 0 Å². The number of rotatable bonds is 2. The molecule has 1 aromatic rings. The average Bonchev–Trinajstić information content (AvgIpc) is 2.47. The van der Waals surface area contributed by atoms with Crippen LogP contribution >= 0.6 is 22.6 Å². The molecule has 84 valence electrons. The number of carbonyl (C=O) groups is 1. The third-order valence-electron chi connectivity index (χ3n) is 1.42. The summed E-state index contributed by atoms with van der Waals surface area (Å²) in [5.41, 5.74) is -0.185. The van der Waals surface area contributed by atoms with Crippen LogP contribution in [0, 0.1) is 3.70 Å². The molecule has 1 aromatic heterocycles. The predicted octanol–water partition coefficient (Wildman–Crippen LogP) is 2.14. The molecule has 0 unspecified atom stereocenters. The number of hydrogen-bond acceptors (Lipinski definition) is 3. The Labute approximate surface area is 96.5 Å². The summed E-state index contributed by atoms with van der Waals surface area (Å²) in [4.78, 5) is 11.2. The van der Waals surface area contributed by atoms with Crippen LogP contribution < -0.4 is 0 Å². The second kappa shape index (κ2) is 4.37. The number of alkyl halides is 3. The van der Waals surface area contributed by atoms with E-state index in [1.54, 1.807) is 29.5 Å². The molecule has 0 aromatic carbocycles. The molecule has 0 atom stereocenters. The highest BCUT2D eigenvalue weighted by atomic mass is 127. The minimum atomic E-state index is -4.62. The van der Waals surface area contributed by atoms with Crippen molar-refractivity contribution in [2.75, 3.05) is 6.61 Å². The summed E-state index contributed by atoms with van der Waals surface area (Å²) in [6.45, 7) is 1.67. The molecule has 0 saturated carbocycles. The molecule has 1 heterocycles. The van der Waals surface area contributed by atoms with E-state index in [-0.39, 0.29) is 20.6 Å². The predicted molar refractivity (Wildman–Crippen MR) is 52.2 cm³/mol. The van der Waals surface area contributed by atoms with E-state index < -0.39 is 12.3 Å². The second-order valence-electron chi connectivity index (χ2n) is 2.47. The number of nitrogens with zero attached hydrogens (tertiary/aromatic N) is 2. The van der Waals surface area contributed by atoms with E-state index in [2.05, 4.69) is 9.84 Å². The fraction of sp³-hybridized carbons (Fsp3) is 0.429. The molecular formula is C7H6F3IN2O2. The third kappa shape index (κ3) is 2.83. The van der Waals surface area contributed by atoms with Gasteiger partial charge in [0.15, 0.2) is 0 Å². The molecule has 0 fully saturated rings. The molecule has 0 amide bonds. The van der Waals surface area contributed by atoms with E-state index in [0.717, 1.165) is 0 Å². The van der Waals surface area contributed by atoms with Crippen molar-refractivity contribution in [2.24, 2.45) is 0 Å². The highest BCUT2D eigenvalue weighted by Crippen LogP contribution is 2.23. The van der Waals surface area contributed by atoms with Gasteiger partial charge in [-0.2, -0.15) is 9.78 Å². The van der Waals surface area contributed by atoms with Crippen LogP contribution in [-0.4, -0.2) is 22.4 Å². The summed E-state index contributed by atoms with van der Waals surface area (Å²) in [6, 6.07) is 0. The summed E-state index contributed by atoms with van der Waals surface area (Å²) in [6.07, 6.45) is -4.01. The Morgan fingerprint density at radius 1 is 1.67 bits per heavy atom. The van der Waals surface area contributed by atoms with Gasteiger partial charge in [0.05, 0.1) is 6.61 Å². The van der Waals surface area contributed by atoms with E-state index in [1.807, 2.05) is 0 Å². The molecule has 4 nitrogen and oxygen atoms in total. The van der Waals surface area contributed by atoms with Crippen molar-refractivity contribution >= 4 is 28.6 Å². The molecule has 0 bridgehead atoms. The summed E-state index contributed by atoms with van der Waals surface area (Å²) >= 11 is 1.54. The first kappa shape index (κ1) is 12.3. The van der Waals surface area contributed by atoms with Crippen LogP contribution in [0.15, 0.2) is 6.20 Å². The minimum Gasteiger partial charge on any atom is -0.462 e. The smallest absolute Gasteiger partial charge is 0.462 e. The summed E-state index contributed by atoms with van der Waals surface area (Å²) in [5.74, 6) is -0.808. The van der Waals surface area contributed by atoms with E-state index >= 15 is 0 Å². The Kier molecular flexibility index (Phi) is 3.58. The van der Waals surface area contributed by atoms with Crippen LogP contribution in [0.1, 0.15) is 17.3 Å².